The highest BCUT2D eigenvalue weighted by molar-refractivity contribution is 5.94. The molecule has 0 aromatic rings. The van der Waals surface area contributed by atoms with Crippen molar-refractivity contribution in [3.63, 3.8) is 0 Å². The van der Waals surface area contributed by atoms with Crippen LogP contribution in [-0.2, 0) is 19.2 Å². The number of hydrogen-bond acceptors (Lipinski definition) is 8. The second-order valence-electron chi connectivity index (χ2n) is 7.59. The van der Waals surface area contributed by atoms with Crippen LogP contribution in [-0.4, -0.2) is 88.4 Å². The lowest BCUT2D eigenvalue weighted by Crippen LogP contribution is -2.61. The quantitative estimate of drug-likeness (QED) is 0.0686. The first-order valence-corrected chi connectivity index (χ1v) is 10.1. The molecule has 14 nitrogen and oxygen atoms in total. The number of aliphatic imine (C=N–C) groups is 1. The van der Waals surface area contributed by atoms with Crippen molar-refractivity contribution in [2.24, 2.45) is 28.1 Å². The van der Waals surface area contributed by atoms with Gasteiger partial charge in [-0.05, 0) is 25.7 Å². The SMILES string of the molecule is CC(C)C(NC(=O)C(NC(=O)C(N)CO)C(C)O)C(=O)NC(CCCN=C(N)N)C(=O)O. The Hall–Kier alpha value is -2.97. The number of guanidine groups is 1. The van der Waals surface area contributed by atoms with E-state index in [4.69, 9.17) is 22.3 Å². The van der Waals surface area contributed by atoms with Crippen molar-refractivity contribution in [3.05, 3.63) is 0 Å². The van der Waals surface area contributed by atoms with Gasteiger partial charge in [-0.25, -0.2) is 4.79 Å². The summed E-state index contributed by atoms with van der Waals surface area (Å²) in [5.41, 5.74) is 15.8. The molecule has 0 saturated carbocycles. The molecular formula is C18H35N7O7. The molecule has 0 rings (SSSR count). The Balaban J connectivity index is 5.26. The van der Waals surface area contributed by atoms with Gasteiger partial charge in [0.05, 0.1) is 12.7 Å². The number of carbonyl (C=O) groups is 4. The van der Waals surface area contributed by atoms with Crippen LogP contribution in [0, 0.1) is 5.92 Å². The molecule has 0 saturated heterocycles. The van der Waals surface area contributed by atoms with Gasteiger partial charge in [0, 0.05) is 6.54 Å². The van der Waals surface area contributed by atoms with Crippen LogP contribution < -0.4 is 33.2 Å². The van der Waals surface area contributed by atoms with E-state index in [1.165, 1.54) is 6.92 Å². The summed E-state index contributed by atoms with van der Waals surface area (Å²) in [6, 6.07) is -5.16. The molecule has 12 N–H and O–H groups in total. The summed E-state index contributed by atoms with van der Waals surface area (Å²) in [5.74, 6) is -4.38. The Kier molecular flexibility index (Phi) is 12.8. The highest BCUT2D eigenvalue weighted by Crippen LogP contribution is 2.07. The zero-order chi connectivity index (χ0) is 25.0. The highest BCUT2D eigenvalue weighted by Gasteiger charge is 2.33. The van der Waals surface area contributed by atoms with Crippen LogP contribution in [0.3, 0.4) is 0 Å². The van der Waals surface area contributed by atoms with E-state index in [-0.39, 0.29) is 25.3 Å². The molecule has 0 aromatic heterocycles. The van der Waals surface area contributed by atoms with Gasteiger partial charge in [0.15, 0.2) is 5.96 Å². The van der Waals surface area contributed by atoms with Crippen LogP contribution in [0.4, 0.5) is 0 Å². The number of aliphatic carboxylic acids is 1. The maximum Gasteiger partial charge on any atom is 0.326 e. The summed E-state index contributed by atoms with van der Waals surface area (Å²) < 4.78 is 0. The fourth-order valence-corrected chi connectivity index (χ4v) is 2.55. The van der Waals surface area contributed by atoms with E-state index in [2.05, 4.69) is 20.9 Å². The van der Waals surface area contributed by atoms with Gasteiger partial charge in [0.1, 0.15) is 24.2 Å². The first kappa shape index (κ1) is 29.0. The van der Waals surface area contributed by atoms with E-state index in [9.17, 15) is 29.4 Å². The smallest absolute Gasteiger partial charge is 0.326 e. The Labute approximate surface area is 186 Å². The van der Waals surface area contributed by atoms with Crippen molar-refractivity contribution in [3.8, 4) is 0 Å². The van der Waals surface area contributed by atoms with E-state index in [0.717, 1.165) is 0 Å². The van der Waals surface area contributed by atoms with Gasteiger partial charge in [-0.3, -0.25) is 19.4 Å². The van der Waals surface area contributed by atoms with E-state index in [1.807, 2.05) is 0 Å². The first-order valence-electron chi connectivity index (χ1n) is 10.1. The molecule has 0 radical (unpaired) electrons. The van der Waals surface area contributed by atoms with E-state index >= 15 is 0 Å². The van der Waals surface area contributed by atoms with E-state index in [0.29, 0.717) is 0 Å². The molecule has 0 aliphatic carbocycles. The predicted molar refractivity (Wildman–Crippen MR) is 115 cm³/mol. The van der Waals surface area contributed by atoms with Crippen LogP contribution in [0.2, 0.25) is 0 Å². The second kappa shape index (κ2) is 14.2. The largest absolute Gasteiger partial charge is 0.480 e. The maximum atomic E-state index is 12.7. The number of aliphatic hydroxyl groups excluding tert-OH is 2. The summed E-state index contributed by atoms with van der Waals surface area (Å²) in [7, 11) is 0. The number of aliphatic hydroxyl groups is 2. The minimum absolute atomic E-state index is 0.0437. The fraction of sp³-hybridized carbons (Fsp3) is 0.722. The van der Waals surface area contributed by atoms with Gasteiger partial charge in [-0.1, -0.05) is 13.8 Å². The van der Waals surface area contributed by atoms with Crippen molar-refractivity contribution < 1.29 is 34.5 Å². The molecule has 5 unspecified atom stereocenters. The van der Waals surface area contributed by atoms with E-state index < -0.39 is 66.5 Å². The standard InChI is InChI=1S/C18H35N7O7/c1-8(2)12(15(29)23-11(17(31)32)5-4-6-22-18(20)21)24-16(30)13(9(3)27)25-14(28)10(19)7-26/h8-13,26-27H,4-7,19H2,1-3H3,(H,23,29)(H,24,30)(H,25,28)(H,31,32)(H4,20,21,22). The highest BCUT2D eigenvalue weighted by atomic mass is 16.4. The fourth-order valence-electron chi connectivity index (χ4n) is 2.55. The molecular weight excluding hydrogens is 426 g/mol. The molecule has 0 aliphatic heterocycles. The maximum absolute atomic E-state index is 12.7. The third kappa shape index (κ3) is 10.4. The van der Waals surface area contributed by atoms with Gasteiger partial charge in [0.2, 0.25) is 17.7 Å². The van der Waals surface area contributed by atoms with Crippen molar-refractivity contribution in [1.82, 2.24) is 16.0 Å². The molecule has 0 aromatic carbocycles. The third-order valence-electron chi connectivity index (χ3n) is 4.40. The van der Waals surface area contributed by atoms with Crippen molar-refractivity contribution >= 4 is 29.7 Å². The molecule has 0 aliphatic rings. The summed E-state index contributed by atoms with van der Waals surface area (Å²) in [6.45, 7) is 4.00. The monoisotopic (exact) mass is 461 g/mol. The molecule has 184 valence electrons. The second-order valence-corrected chi connectivity index (χ2v) is 7.59. The Morgan fingerprint density at radius 1 is 0.938 bits per heavy atom. The first-order chi connectivity index (χ1) is 14.8. The molecule has 0 spiro atoms. The summed E-state index contributed by atoms with van der Waals surface area (Å²) in [5, 5.41) is 35.2. The number of amides is 3. The number of nitrogens with zero attached hydrogens (tertiary/aromatic N) is 1. The predicted octanol–water partition coefficient (Wildman–Crippen LogP) is -4.06. The van der Waals surface area contributed by atoms with Gasteiger partial charge in [-0.2, -0.15) is 0 Å². The van der Waals surface area contributed by atoms with Gasteiger partial charge in [-0.15, -0.1) is 0 Å². The Morgan fingerprint density at radius 2 is 1.47 bits per heavy atom. The summed E-state index contributed by atoms with van der Waals surface area (Å²) in [6.07, 6.45) is -1.01. The Morgan fingerprint density at radius 3 is 1.91 bits per heavy atom. The zero-order valence-electron chi connectivity index (χ0n) is 18.4. The van der Waals surface area contributed by atoms with Crippen LogP contribution in [0.1, 0.15) is 33.6 Å². The van der Waals surface area contributed by atoms with Crippen molar-refractivity contribution in [2.45, 2.75) is 63.9 Å². The summed E-state index contributed by atoms with van der Waals surface area (Å²) >= 11 is 0. The van der Waals surface area contributed by atoms with Crippen LogP contribution >= 0.6 is 0 Å². The van der Waals surface area contributed by atoms with Crippen LogP contribution in [0.15, 0.2) is 4.99 Å². The number of nitrogens with one attached hydrogen (secondary N) is 3. The zero-order valence-corrected chi connectivity index (χ0v) is 18.4. The summed E-state index contributed by atoms with van der Waals surface area (Å²) in [4.78, 5) is 52.4. The number of nitrogens with two attached hydrogens (primary N) is 3. The topological polar surface area (TPSA) is 255 Å². The molecule has 14 heteroatoms. The molecule has 0 fully saturated rings. The lowest BCUT2D eigenvalue weighted by Gasteiger charge is -2.28. The normalized spacial score (nSPS) is 15.6. The lowest BCUT2D eigenvalue weighted by molar-refractivity contribution is -0.143. The molecule has 0 bridgehead atoms. The van der Waals surface area contributed by atoms with Crippen molar-refractivity contribution in [1.29, 1.82) is 0 Å². The third-order valence-corrected chi connectivity index (χ3v) is 4.40. The molecule has 5 atom stereocenters. The average molecular weight is 462 g/mol. The molecule has 3 amide bonds. The number of carboxylic acids is 1. The number of carboxylic acid groups (broad SMARTS) is 1. The number of hydrogen-bond donors (Lipinski definition) is 9. The van der Waals surface area contributed by atoms with Crippen LogP contribution in [0.5, 0.6) is 0 Å². The van der Waals surface area contributed by atoms with Crippen LogP contribution in [0.25, 0.3) is 0 Å². The average Bonchev–Trinajstić information content (AvgIpc) is 2.70. The minimum Gasteiger partial charge on any atom is -0.480 e. The van der Waals surface area contributed by atoms with Crippen molar-refractivity contribution in [2.75, 3.05) is 13.2 Å². The molecule has 32 heavy (non-hydrogen) atoms. The van der Waals surface area contributed by atoms with Gasteiger partial charge < -0.3 is 48.5 Å². The Bertz CT molecular complexity index is 681. The number of carbonyl (C=O) groups excluding carboxylic acids is 3. The number of rotatable bonds is 14. The van der Waals surface area contributed by atoms with Gasteiger partial charge in [0.25, 0.3) is 0 Å². The van der Waals surface area contributed by atoms with E-state index in [1.54, 1.807) is 13.8 Å². The molecule has 0 heterocycles. The lowest BCUT2D eigenvalue weighted by atomic mass is 10.0. The van der Waals surface area contributed by atoms with Gasteiger partial charge >= 0.3 is 5.97 Å². The minimum atomic E-state index is -1.45.